The Balaban J connectivity index is 2.60. The lowest BCUT2D eigenvalue weighted by Crippen LogP contribution is -2.59. The second-order valence-corrected chi connectivity index (χ2v) is 3.20. The third-order valence-electron chi connectivity index (χ3n) is 2.18. The zero-order valence-electron chi connectivity index (χ0n) is 7.89. The SMILES string of the molecule is O=CCOC1O[C@H](CO)[C@@H](O)[C@H](O)[C@H]1O. The summed E-state index contributed by atoms with van der Waals surface area (Å²) >= 11 is 0. The molecule has 1 saturated heterocycles. The molecule has 0 saturated carbocycles. The van der Waals surface area contributed by atoms with E-state index in [0.29, 0.717) is 6.29 Å². The van der Waals surface area contributed by atoms with Crippen molar-refractivity contribution in [1.82, 2.24) is 0 Å². The maximum atomic E-state index is 10.0. The van der Waals surface area contributed by atoms with Crippen LogP contribution >= 0.6 is 0 Å². The molecule has 1 unspecified atom stereocenters. The second kappa shape index (κ2) is 5.50. The molecule has 0 aliphatic carbocycles. The Bertz CT molecular complexity index is 207. The summed E-state index contributed by atoms with van der Waals surface area (Å²) in [4.78, 5) is 10.0. The quantitative estimate of drug-likeness (QED) is 0.374. The van der Waals surface area contributed by atoms with Crippen LogP contribution in [-0.2, 0) is 14.3 Å². The molecule has 7 heteroatoms. The molecule has 0 bridgehead atoms. The lowest BCUT2D eigenvalue weighted by Gasteiger charge is -2.39. The van der Waals surface area contributed by atoms with Gasteiger partial charge in [0.1, 0.15) is 37.3 Å². The zero-order chi connectivity index (χ0) is 11.4. The topological polar surface area (TPSA) is 116 Å². The summed E-state index contributed by atoms with van der Waals surface area (Å²) in [5.41, 5.74) is 0. The van der Waals surface area contributed by atoms with E-state index < -0.39 is 37.3 Å². The van der Waals surface area contributed by atoms with Gasteiger partial charge in [-0.05, 0) is 0 Å². The van der Waals surface area contributed by atoms with E-state index >= 15 is 0 Å². The van der Waals surface area contributed by atoms with Crippen LogP contribution in [0.15, 0.2) is 0 Å². The van der Waals surface area contributed by atoms with Gasteiger partial charge in [-0.2, -0.15) is 0 Å². The summed E-state index contributed by atoms with van der Waals surface area (Å²) < 4.78 is 9.71. The Morgan fingerprint density at radius 3 is 2.40 bits per heavy atom. The lowest BCUT2D eigenvalue weighted by atomic mass is 9.99. The number of ether oxygens (including phenoxy) is 2. The van der Waals surface area contributed by atoms with E-state index in [1.165, 1.54) is 0 Å². The van der Waals surface area contributed by atoms with Crippen molar-refractivity contribution in [1.29, 1.82) is 0 Å². The number of aliphatic hydroxyl groups excluding tert-OH is 4. The van der Waals surface area contributed by atoms with Crippen molar-refractivity contribution in [2.75, 3.05) is 13.2 Å². The molecular weight excluding hydrogens is 208 g/mol. The van der Waals surface area contributed by atoms with Crippen LogP contribution in [0.3, 0.4) is 0 Å². The van der Waals surface area contributed by atoms with Crippen molar-refractivity contribution in [2.24, 2.45) is 0 Å². The first-order valence-corrected chi connectivity index (χ1v) is 4.47. The highest BCUT2D eigenvalue weighted by Crippen LogP contribution is 2.21. The number of aldehydes is 1. The predicted octanol–water partition coefficient (Wildman–Crippen LogP) is -3.00. The normalized spacial score (nSPS) is 41.5. The molecule has 1 rings (SSSR count). The number of rotatable bonds is 4. The van der Waals surface area contributed by atoms with Gasteiger partial charge in [-0.15, -0.1) is 0 Å². The smallest absolute Gasteiger partial charge is 0.187 e. The van der Waals surface area contributed by atoms with Crippen LogP contribution < -0.4 is 0 Å². The molecule has 4 N–H and O–H groups in total. The van der Waals surface area contributed by atoms with E-state index in [0.717, 1.165) is 0 Å². The van der Waals surface area contributed by atoms with E-state index in [1.54, 1.807) is 0 Å². The van der Waals surface area contributed by atoms with Gasteiger partial charge >= 0.3 is 0 Å². The molecule has 15 heavy (non-hydrogen) atoms. The van der Waals surface area contributed by atoms with Gasteiger partial charge in [0.25, 0.3) is 0 Å². The third kappa shape index (κ3) is 2.71. The summed E-state index contributed by atoms with van der Waals surface area (Å²) in [6.45, 7) is -0.825. The fourth-order valence-corrected chi connectivity index (χ4v) is 1.34. The highest BCUT2D eigenvalue weighted by molar-refractivity contribution is 5.50. The number of carbonyl (C=O) groups is 1. The van der Waals surface area contributed by atoms with E-state index in [9.17, 15) is 20.1 Å². The van der Waals surface area contributed by atoms with Crippen molar-refractivity contribution >= 4 is 6.29 Å². The van der Waals surface area contributed by atoms with Crippen LogP contribution in [0.4, 0.5) is 0 Å². The average Bonchev–Trinajstić information content (AvgIpc) is 2.25. The molecular formula is C8H14O7. The molecule has 0 spiro atoms. The Hall–Kier alpha value is -0.570. The summed E-state index contributed by atoms with van der Waals surface area (Å²) in [6.07, 6.45) is -6.14. The van der Waals surface area contributed by atoms with Gasteiger partial charge in [0.05, 0.1) is 6.61 Å². The average molecular weight is 222 g/mol. The molecule has 7 nitrogen and oxygen atoms in total. The molecule has 1 heterocycles. The van der Waals surface area contributed by atoms with Crippen LogP contribution in [0.5, 0.6) is 0 Å². The molecule has 5 atom stereocenters. The molecule has 88 valence electrons. The maximum Gasteiger partial charge on any atom is 0.187 e. The number of hydrogen-bond donors (Lipinski definition) is 4. The Morgan fingerprint density at radius 1 is 1.20 bits per heavy atom. The molecule has 0 aromatic heterocycles. The molecule has 0 aromatic carbocycles. The van der Waals surface area contributed by atoms with Gasteiger partial charge in [0.2, 0.25) is 0 Å². The van der Waals surface area contributed by atoms with Crippen molar-refractivity contribution in [3.63, 3.8) is 0 Å². The lowest BCUT2D eigenvalue weighted by molar-refractivity contribution is -0.298. The largest absolute Gasteiger partial charge is 0.394 e. The molecule has 0 amide bonds. The predicted molar refractivity (Wildman–Crippen MR) is 45.8 cm³/mol. The van der Waals surface area contributed by atoms with Gasteiger partial charge in [0.15, 0.2) is 6.29 Å². The van der Waals surface area contributed by atoms with Crippen molar-refractivity contribution in [3.8, 4) is 0 Å². The highest BCUT2D eigenvalue weighted by atomic mass is 16.7. The first kappa shape index (κ1) is 12.5. The summed E-state index contributed by atoms with van der Waals surface area (Å²) in [5, 5.41) is 36.9. The monoisotopic (exact) mass is 222 g/mol. The standard InChI is InChI=1S/C8H14O7/c9-1-2-14-8-7(13)6(12)5(11)4(3-10)15-8/h1,4-8,10-13H,2-3H2/t4-,5-,6+,7-,8?/m1/s1. The number of hydrogen-bond acceptors (Lipinski definition) is 7. The Kier molecular flexibility index (Phi) is 4.58. The van der Waals surface area contributed by atoms with Gasteiger partial charge < -0.3 is 34.7 Å². The number of carbonyl (C=O) groups excluding carboxylic acids is 1. The van der Waals surface area contributed by atoms with Gasteiger partial charge in [-0.25, -0.2) is 0 Å². The molecule has 1 aliphatic rings. The fraction of sp³-hybridized carbons (Fsp3) is 0.875. The first-order chi connectivity index (χ1) is 7.11. The minimum Gasteiger partial charge on any atom is -0.394 e. The summed E-state index contributed by atoms with van der Waals surface area (Å²) in [6, 6.07) is 0. The first-order valence-electron chi connectivity index (χ1n) is 4.47. The van der Waals surface area contributed by atoms with Gasteiger partial charge in [-0.1, -0.05) is 0 Å². The van der Waals surface area contributed by atoms with Crippen LogP contribution in [-0.4, -0.2) is 70.6 Å². The van der Waals surface area contributed by atoms with E-state index in [-0.39, 0.29) is 6.61 Å². The van der Waals surface area contributed by atoms with Crippen molar-refractivity contribution in [2.45, 2.75) is 30.7 Å². The maximum absolute atomic E-state index is 10.0. The zero-order valence-corrected chi connectivity index (χ0v) is 7.89. The van der Waals surface area contributed by atoms with Gasteiger partial charge in [-0.3, -0.25) is 0 Å². The van der Waals surface area contributed by atoms with E-state index in [1.807, 2.05) is 0 Å². The molecule has 1 fully saturated rings. The summed E-state index contributed by atoms with van der Waals surface area (Å²) in [5.74, 6) is 0. The van der Waals surface area contributed by atoms with Crippen LogP contribution in [0.2, 0.25) is 0 Å². The molecule has 1 aliphatic heterocycles. The van der Waals surface area contributed by atoms with Gasteiger partial charge in [0, 0.05) is 0 Å². The fourth-order valence-electron chi connectivity index (χ4n) is 1.34. The number of aliphatic hydroxyl groups is 4. The summed E-state index contributed by atoms with van der Waals surface area (Å²) in [7, 11) is 0. The van der Waals surface area contributed by atoms with E-state index in [4.69, 9.17) is 14.6 Å². The third-order valence-corrected chi connectivity index (χ3v) is 2.18. The second-order valence-electron chi connectivity index (χ2n) is 3.20. The Labute approximate surface area is 85.9 Å². The minimum absolute atomic E-state index is 0.303. The van der Waals surface area contributed by atoms with E-state index in [2.05, 4.69) is 0 Å². The van der Waals surface area contributed by atoms with Crippen LogP contribution in [0.25, 0.3) is 0 Å². The van der Waals surface area contributed by atoms with Crippen LogP contribution in [0.1, 0.15) is 0 Å². The van der Waals surface area contributed by atoms with Crippen molar-refractivity contribution in [3.05, 3.63) is 0 Å². The van der Waals surface area contributed by atoms with Crippen molar-refractivity contribution < 1.29 is 34.7 Å². The van der Waals surface area contributed by atoms with Crippen LogP contribution in [0, 0.1) is 0 Å². The minimum atomic E-state index is -1.48. The molecule has 0 radical (unpaired) electrons. The Morgan fingerprint density at radius 2 is 1.87 bits per heavy atom. The molecule has 0 aromatic rings. The highest BCUT2D eigenvalue weighted by Gasteiger charge is 2.43.